The van der Waals surface area contributed by atoms with Crippen molar-refractivity contribution >= 4 is 0 Å². The van der Waals surface area contributed by atoms with Crippen molar-refractivity contribution in [1.82, 2.24) is 0 Å². The Bertz CT molecular complexity index is 195. The van der Waals surface area contributed by atoms with Gasteiger partial charge in [-0.2, -0.15) is 0 Å². The van der Waals surface area contributed by atoms with Crippen LogP contribution in [0.5, 0.6) is 0 Å². The largest absolute Gasteiger partial charge is 0.375 e. The first-order chi connectivity index (χ1) is 6.00. The van der Waals surface area contributed by atoms with E-state index in [1.54, 1.807) is 0 Å². The highest BCUT2D eigenvalue weighted by molar-refractivity contribution is 4.96. The molecule has 0 N–H and O–H groups in total. The highest BCUT2D eigenvalue weighted by atomic mass is 16.6. The molecule has 2 aliphatic rings. The van der Waals surface area contributed by atoms with Gasteiger partial charge in [-0.15, -0.1) is 0 Å². The summed E-state index contributed by atoms with van der Waals surface area (Å²) in [6, 6.07) is 0. The Labute approximate surface area is 80.6 Å². The molecule has 2 rings (SSSR count). The van der Waals surface area contributed by atoms with E-state index >= 15 is 0 Å². The van der Waals surface area contributed by atoms with Crippen molar-refractivity contribution in [3.05, 3.63) is 0 Å². The third kappa shape index (κ3) is 1.50. The van der Waals surface area contributed by atoms with Crippen LogP contribution in [0.15, 0.2) is 0 Å². The summed E-state index contributed by atoms with van der Waals surface area (Å²) in [7, 11) is 0. The van der Waals surface area contributed by atoms with Crippen molar-refractivity contribution in [3.8, 4) is 0 Å². The van der Waals surface area contributed by atoms with Crippen LogP contribution in [0.3, 0.4) is 0 Å². The third-order valence-electron chi connectivity index (χ3n) is 3.41. The molecule has 0 aromatic rings. The standard InChI is InChI=1S/C11H20O2/c1-7-5-12-10-8(11(2,3)4)6-13-9(7)10/h7-10H,5-6H2,1-4H3/t7?,8-,9?,10?/m0/s1. The Morgan fingerprint density at radius 2 is 1.62 bits per heavy atom. The Kier molecular flexibility index (Phi) is 2.16. The molecule has 0 saturated carbocycles. The number of fused-ring (bicyclic) bond motifs is 1. The molecule has 0 radical (unpaired) electrons. The molecule has 76 valence electrons. The maximum absolute atomic E-state index is 5.80. The van der Waals surface area contributed by atoms with Crippen LogP contribution < -0.4 is 0 Å². The summed E-state index contributed by atoms with van der Waals surface area (Å²) in [5.41, 5.74) is 0.309. The number of hydrogen-bond donors (Lipinski definition) is 0. The monoisotopic (exact) mass is 184 g/mol. The van der Waals surface area contributed by atoms with Gasteiger partial charge in [-0.3, -0.25) is 0 Å². The molecule has 0 bridgehead atoms. The first-order valence-electron chi connectivity index (χ1n) is 5.23. The van der Waals surface area contributed by atoms with E-state index in [0.717, 1.165) is 13.2 Å². The topological polar surface area (TPSA) is 18.5 Å². The van der Waals surface area contributed by atoms with Gasteiger partial charge in [0.1, 0.15) is 0 Å². The van der Waals surface area contributed by atoms with Crippen LogP contribution in [0.2, 0.25) is 0 Å². The average Bonchev–Trinajstić information content (AvgIpc) is 2.51. The average molecular weight is 184 g/mol. The SMILES string of the molecule is CC1COC2C1OC[C@@H]2C(C)(C)C. The van der Waals surface area contributed by atoms with Gasteiger partial charge in [-0.1, -0.05) is 27.7 Å². The van der Waals surface area contributed by atoms with E-state index in [4.69, 9.17) is 9.47 Å². The zero-order valence-electron chi connectivity index (χ0n) is 9.04. The second-order valence-corrected chi connectivity index (χ2v) is 5.55. The number of ether oxygens (including phenoxy) is 2. The van der Waals surface area contributed by atoms with E-state index in [1.165, 1.54) is 0 Å². The molecule has 2 heteroatoms. The smallest absolute Gasteiger partial charge is 0.0895 e. The lowest BCUT2D eigenvalue weighted by atomic mass is 9.77. The molecule has 0 amide bonds. The molecule has 0 aromatic heterocycles. The lowest BCUT2D eigenvalue weighted by Gasteiger charge is -2.29. The van der Waals surface area contributed by atoms with Gasteiger partial charge in [-0.25, -0.2) is 0 Å². The molecular weight excluding hydrogens is 164 g/mol. The molecule has 13 heavy (non-hydrogen) atoms. The van der Waals surface area contributed by atoms with Gasteiger partial charge in [0, 0.05) is 11.8 Å². The molecule has 0 spiro atoms. The van der Waals surface area contributed by atoms with Crippen LogP contribution >= 0.6 is 0 Å². The van der Waals surface area contributed by atoms with Crippen LogP contribution in [0.25, 0.3) is 0 Å². The first kappa shape index (κ1) is 9.47. The number of rotatable bonds is 0. The van der Waals surface area contributed by atoms with Crippen LogP contribution in [-0.4, -0.2) is 25.4 Å². The minimum atomic E-state index is 0.309. The molecule has 0 aliphatic carbocycles. The fourth-order valence-electron chi connectivity index (χ4n) is 2.43. The summed E-state index contributed by atoms with van der Waals surface area (Å²) in [5.74, 6) is 1.15. The first-order valence-corrected chi connectivity index (χ1v) is 5.23. The maximum atomic E-state index is 5.80. The molecular formula is C11H20O2. The summed E-state index contributed by atoms with van der Waals surface area (Å²) in [5, 5.41) is 0. The van der Waals surface area contributed by atoms with Gasteiger partial charge in [0.05, 0.1) is 25.4 Å². The van der Waals surface area contributed by atoms with E-state index in [-0.39, 0.29) is 0 Å². The normalized spacial score (nSPS) is 45.2. The summed E-state index contributed by atoms with van der Waals surface area (Å²) < 4.78 is 11.6. The third-order valence-corrected chi connectivity index (χ3v) is 3.41. The fourth-order valence-corrected chi connectivity index (χ4v) is 2.43. The van der Waals surface area contributed by atoms with Crippen LogP contribution in [0.1, 0.15) is 27.7 Å². The van der Waals surface area contributed by atoms with E-state index in [9.17, 15) is 0 Å². The highest BCUT2D eigenvalue weighted by Gasteiger charge is 2.49. The molecule has 2 fully saturated rings. The fraction of sp³-hybridized carbons (Fsp3) is 1.00. The van der Waals surface area contributed by atoms with Crippen molar-refractivity contribution in [3.63, 3.8) is 0 Å². The predicted octanol–water partition coefficient (Wildman–Crippen LogP) is 2.08. The van der Waals surface area contributed by atoms with Gasteiger partial charge in [0.15, 0.2) is 0 Å². The molecule has 2 aliphatic heterocycles. The lowest BCUT2D eigenvalue weighted by Crippen LogP contribution is -2.33. The Hall–Kier alpha value is -0.0800. The van der Waals surface area contributed by atoms with Crippen LogP contribution in [0.4, 0.5) is 0 Å². The zero-order chi connectivity index (χ0) is 9.64. The Morgan fingerprint density at radius 1 is 1.00 bits per heavy atom. The lowest BCUT2D eigenvalue weighted by molar-refractivity contribution is 0.0338. The van der Waals surface area contributed by atoms with E-state index in [2.05, 4.69) is 27.7 Å². The van der Waals surface area contributed by atoms with Crippen molar-refractivity contribution in [2.45, 2.75) is 39.9 Å². The highest BCUT2D eigenvalue weighted by Crippen LogP contribution is 2.42. The van der Waals surface area contributed by atoms with Gasteiger partial charge < -0.3 is 9.47 Å². The quantitative estimate of drug-likeness (QED) is 0.574. The van der Waals surface area contributed by atoms with Crippen molar-refractivity contribution < 1.29 is 9.47 Å². The molecule has 2 heterocycles. The maximum Gasteiger partial charge on any atom is 0.0895 e. The van der Waals surface area contributed by atoms with E-state index in [0.29, 0.717) is 29.5 Å². The van der Waals surface area contributed by atoms with Gasteiger partial charge in [0.2, 0.25) is 0 Å². The summed E-state index contributed by atoms with van der Waals surface area (Å²) in [6.07, 6.45) is 0.722. The van der Waals surface area contributed by atoms with Crippen molar-refractivity contribution in [2.75, 3.05) is 13.2 Å². The van der Waals surface area contributed by atoms with E-state index in [1.807, 2.05) is 0 Å². The van der Waals surface area contributed by atoms with Crippen molar-refractivity contribution in [1.29, 1.82) is 0 Å². The minimum Gasteiger partial charge on any atom is -0.375 e. The summed E-state index contributed by atoms with van der Waals surface area (Å²) >= 11 is 0. The summed E-state index contributed by atoms with van der Waals surface area (Å²) in [4.78, 5) is 0. The molecule has 2 saturated heterocycles. The second-order valence-electron chi connectivity index (χ2n) is 5.55. The Balaban J connectivity index is 2.11. The summed E-state index contributed by atoms with van der Waals surface area (Å²) in [6.45, 7) is 10.8. The van der Waals surface area contributed by atoms with Gasteiger partial charge in [-0.05, 0) is 5.41 Å². The van der Waals surface area contributed by atoms with Gasteiger partial charge in [0.25, 0.3) is 0 Å². The molecule has 2 nitrogen and oxygen atoms in total. The van der Waals surface area contributed by atoms with Crippen LogP contribution in [0, 0.1) is 17.3 Å². The minimum absolute atomic E-state index is 0.309. The van der Waals surface area contributed by atoms with Crippen LogP contribution in [-0.2, 0) is 9.47 Å². The Morgan fingerprint density at radius 3 is 2.23 bits per heavy atom. The number of hydrogen-bond acceptors (Lipinski definition) is 2. The molecule has 4 atom stereocenters. The zero-order valence-corrected chi connectivity index (χ0v) is 9.04. The van der Waals surface area contributed by atoms with Crippen molar-refractivity contribution in [2.24, 2.45) is 17.3 Å². The predicted molar refractivity (Wildman–Crippen MR) is 51.6 cm³/mol. The van der Waals surface area contributed by atoms with E-state index < -0.39 is 0 Å². The second kappa shape index (κ2) is 2.96. The van der Waals surface area contributed by atoms with Gasteiger partial charge >= 0.3 is 0 Å². The molecule has 3 unspecified atom stereocenters. The molecule has 0 aromatic carbocycles.